The number of aryl methyl sites for hydroxylation is 1. The molecule has 1 unspecified atom stereocenters. The zero-order valence-corrected chi connectivity index (χ0v) is 14.7. The number of aliphatic carboxylic acids is 1. The Labute approximate surface area is 142 Å². The van der Waals surface area contributed by atoms with Gasteiger partial charge in [0.05, 0.1) is 5.69 Å². The Kier molecular flexibility index (Phi) is 5.20. The van der Waals surface area contributed by atoms with Crippen LogP contribution in [0.15, 0.2) is 34.8 Å². The first kappa shape index (κ1) is 17.2. The average molecular weight is 380 g/mol. The fourth-order valence-electron chi connectivity index (χ4n) is 2.13. The normalized spacial score (nSPS) is 12.2. The summed E-state index contributed by atoms with van der Waals surface area (Å²) < 4.78 is 2.30. The second-order valence-electron chi connectivity index (χ2n) is 5.53. The zero-order chi connectivity index (χ0) is 17.1. The van der Waals surface area contributed by atoms with Crippen LogP contribution in [0.5, 0.6) is 0 Å². The molecule has 0 saturated carbocycles. The van der Waals surface area contributed by atoms with Crippen LogP contribution in [-0.2, 0) is 11.8 Å². The van der Waals surface area contributed by atoms with Crippen molar-refractivity contribution in [2.75, 3.05) is 0 Å². The molecule has 0 radical (unpaired) electrons. The maximum Gasteiger partial charge on any atom is 0.330 e. The van der Waals surface area contributed by atoms with Crippen LogP contribution < -0.4 is 5.32 Å². The SMILES string of the molecule is CC(C)c1cc(C(=O)NC(C(=O)O)c2ccc(Br)cc2)n(C)n1. The Bertz CT molecular complexity index is 723. The number of carbonyl (C=O) groups is 2. The molecule has 2 rings (SSSR count). The van der Waals surface area contributed by atoms with Crippen LogP contribution in [0.4, 0.5) is 0 Å². The lowest BCUT2D eigenvalue weighted by atomic mass is 10.1. The number of carboxylic acid groups (broad SMARTS) is 1. The molecule has 1 amide bonds. The number of amides is 1. The second-order valence-corrected chi connectivity index (χ2v) is 6.44. The predicted molar refractivity (Wildman–Crippen MR) is 89.3 cm³/mol. The Hall–Kier alpha value is -2.15. The van der Waals surface area contributed by atoms with Crippen LogP contribution >= 0.6 is 15.9 Å². The van der Waals surface area contributed by atoms with Gasteiger partial charge in [0, 0.05) is 11.5 Å². The van der Waals surface area contributed by atoms with Gasteiger partial charge in [-0.2, -0.15) is 5.10 Å². The molecule has 0 fully saturated rings. The van der Waals surface area contributed by atoms with Crippen molar-refractivity contribution in [3.05, 3.63) is 51.8 Å². The highest BCUT2D eigenvalue weighted by Crippen LogP contribution is 2.19. The highest BCUT2D eigenvalue weighted by atomic mass is 79.9. The van der Waals surface area contributed by atoms with Crippen LogP contribution in [-0.4, -0.2) is 26.8 Å². The van der Waals surface area contributed by atoms with Gasteiger partial charge < -0.3 is 10.4 Å². The molecule has 23 heavy (non-hydrogen) atoms. The van der Waals surface area contributed by atoms with Crippen molar-refractivity contribution in [2.45, 2.75) is 25.8 Å². The third-order valence-corrected chi connectivity index (χ3v) is 3.98. The molecule has 0 bridgehead atoms. The minimum atomic E-state index is -1.12. The van der Waals surface area contributed by atoms with Gasteiger partial charge in [0.2, 0.25) is 0 Å². The topological polar surface area (TPSA) is 84.2 Å². The summed E-state index contributed by atoms with van der Waals surface area (Å²) in [5.41, 5.74) is 1.62. The van der Waals surface area contributed by atoms with Gasteiger partial charge in [-0.3, -0.25) is 9.48 Å². The van der Waals surface area contributed by atoms with Crippen LogP contribution in [0.25, 0.3) is 0 Å². The lowest BCUT2D eigenvalue weighted by molar-refractivity contribution is -0.139. The molecule has 1 atom stereocenters. The number of nitrogens with zero attached hydrogens (tertiary/aromatic N) is 2. The van der Waals surface area contributed by atoms with E-state index in [1.54, 1.807) is 37.4 Å². The summed E-state index contributed by atoms with van der Waals surface area (Å²) in [4.78, 5) is 23.9. The van der Waals surface area contributed by atoms with Crippen LogP contribution in [0.3, 0.4) is 0 Å². The van der Waals surface area contributed by atoms with Crippen LogP contribution in [0.1, 0.15) is 47.6 Å². The van der Waals surface area contributed by atoms with E-state index in [0.717, 1.165) is 10.2 Å². The number of aromatic nitrogens is 2. The van der Waals surface area contributed by atoms with Gasteiger partial charge in [-0.15, -0.1) is 0 Å². The minimum Gasteiger partial charge on any atom is -0.479 e. The maximum atomic E-state index is 12.4. The molecule has 6 nitrogen and oxygen atoms in total. The first-order valence-electron chi connectivity index (χ1n) is 7.12. The van der Waals surface area contributed by atoms with Gasteiger partial charge in [0.25, 0.3) is 5.91 Å². The molecule has 122 valence electrons. The van der Waals surface area contributed by atoms with Crippen molar-refractivity contribution in [1.29, 1.82) is 0 Å². The summed E-state index contributed by atoms with van der Waals surface area (Å²) in [6.07, 6.45) is 0. The third kappa shape index (κ3) is 3.98. The summed E-state index contributed by atoms with van der Waals surface area (Å²) in [5, 5.41) is 16.2. The Balaban J connectivity index is 2.25. The van der Waals surface area contributed by atoms with Crippen molar-refractivity contribution in [2.24, 2.45) is 7.05 Å². The van der Waals surface area contributed by atoms with Gasteiger partial charge >= 0.3 is 5.97 Å². The molecule has 0 spiro atoms. The lowest BCUT2D eigenvalue weighted by Crippen LogP contribution is -2.34. The Morgan fingerprint density at radius 1 is 1.26 bits per heavy atom. The summed E-state index contributed by atoms with van der Waals surface area (Å²) in [7, 11) is 1.66. The van der Waals surface area contributed by atoms with Crippen LogP contribution in [0, 0.1) is 0 Å². The van der Waals surface area contributed by atoms with Crippen molar-refractivity contribution >= 4 is 27.8 Å². The quantitative estimate of drug-likeness (QED) is 0.836. The monoisotopic (exact) mass is 379 g/mol. The summed E-state index contributed by atoms with van der Waals surface area (Å²) in [6, 6.07) is 7.35. The smallest absolute Gasteiger partial charge is 0.330 e. The summed E-state index contributed by atoms with van der Waals surface area (Å²) in [5.74, 6) is -1.40. The number of carbonyl (C=O) groups excluding carboxylic acids is 1. The van der Waals surface area contributed by atoms with E-state index in [1.807, 2.05) is 13.8 Å². The Morgan fingerprint density at radius 3 is 2.35 bits per heavy atom. The average Bonchev–Trinajstić information content (AvgIpc) is 2.88. The zero-order valence-electron chi connectivity index (χ0n) is 13.1. The van der Waals surface area contributed by atoms with Gasteiger partial charge in [-0.1, -0.05) is 41.9 Å². The second kappa shape index (κ2) is 6.95. The van der Waals surface area contributed by atoms with E-state index in [0.29, 0.717) is 11.3 Å². The molecule has 0 saturated heterocycles. The molecule has 2 aromatic rings. The number of carboxylic acids is 1. The maximum absolute atomic E-state index is 12.4. The molecule has 0 aliphatic heterocycles. The number of rotatable bonds is 5. The highest BCUT2D eigenvalue weighted by Gasteiger charge is 2.24. The highest BCUT2D eigenvalue weighted by molar-refractivity contribution is 9.10. The number of nitrogens with one attached hydrogen (secondary N) is 1. The third-order valence-electron chi connectivity index (χ3n) is 3.45. The molecule has 0 aliphatic carbocycles. The summed E-state index contributed by atoms with van der Waals surface area (Å²) >= 11 is 3.30. The number of hydrogen-bond donors (Lipinski definition) is 2. The van der Waals surface area contributed by atoms with E-state index >= 15 is 0 Å². The molecule has 1 heterocycles. The van der Waals surface area contributed by atoms with E-state index in [2.05, 4.69) is 26.3 Å². The molecule has 0 aliphatic rings. The number of benzene rings is 1. The van der Waals surface area contributed by atoms with Gasteiger partial charge in [0.15, 0.2) is 6.04 Å². The van der Waals surface area contributed by atoms with Crippen molar-refractivity contribution in [3.8, 4) is 0 Å². The largest absolute Gasteiger partial charge is 0.479 e. The van der Waals surface area contributed by atoms with E-state index in [4.69, 9.17) is 0 Å². The molecule has 7 heteroatoms. The van der Waals surface area contributed by atoms with E-state index < -0.39 is 17.9 Å². The first-order chi connectivity index (χ1) is 10.8. The van der Waals surface area contributed by atoms with Gasteiger partial charge in [0.1, 0.15) is 5.69 Å². The predicted octanol–water partition coefficient (Wildman–Crippen LogP) is 2.86. The van der Waals surface area contributed by atoms with Crippen molar-refractivity contribution < 1.29 is 14.7 Å². The summed E-state index contributed by atoms with van der Waals surface area (Å²) in [6.45, 7) is 3.96. The van der Waals surface area contributed by atoms with Crippen molar-refractivity contribution in [3.63, 3.8) is 0 Å². The van der Waals surface area contributed by atoms with E-state index in [-0.39, 0.29) is 5.92 Å². The fraction of sp³-hybridized carbons (Fsp3) is 0.312. The van der Waals surface area contributed by atoms with E-state index in [9.17, 15) is 14.7 Å². The Morgan fingerprint density at radius 2 is 1.87 bits per heavy atom. The lowest BCUT2D eigenvalue weighted by Gasteiger charge is -2.15. The molecular weight excluding hydrogens is 362 g/mol. The van der Waals surface area contributed by atoms with Crippen LogP contribution in [0.2, 0.25) is 0 Å². The molecular formula is C16H18BrN3O3. The molecule has 1 aromatic heterocycles. The van der Waals surface area contributed by atoms with Gasteiger partial charge in [-0.05, 0) is 29.7 Å². The van der Waals surface area contributed by atoms with E-state index in [1.165, 1.54) is 4.68 Å². The van der Waals surface area contributed by atoms with Crippen molar-refractivity contribution in [1.82, 2.24) is 15.1 Å². The molecule has 2 N–H and O–H groups in total. The molecule has 1 aromatic carbocycles. The number of hydrogen-bond acceptors (Lipinski definition) is 3. The fourth-order valence-corrected chi connectivity index (χ4v) is 2.40. The number of halogens is 1. The van der Waals surface area contributed by atoms with Gasteiger partial charge in [-0.25, -0.2) is 4.79 Å². The minimum absolute atomic E-state index is 0.185. The first-order valence-corrected chi connectivity index (χ1v) is 7.92. The standard InChI is InChI=1S/C16H18BrN3O3/c1-9(2)12-8-13(20(3)19-12)15(21)18-14(16(22)23)10-4-6-11(17)7-5-10/h4-9,14H,1-3H3,(H,18,21)(H,22,23).